The van der Waals surface area contributed by atoms with Crippen molar-refractivity contribution in [1.82, 2.24) is 10.3 Å². The molecule has 3 nitrogen and oxygen atoms in total. The molecule has 2 N–H and O–H groups in total. The van der Waals surface area contributed by atoms with E-state index in [0.29, 0.717) is 18.7 Å². The van der Waals surface area contributed by atoms with Crippen LogP contribution in [0, 0.1) is 12.7 Å². The summed E-state index contributed by atoms with van der Waals surface area (Å²) in [5.74, 6) is -0.245. The van der Waals surface area contributed by atoms with E-state index < -0.39 is 0 Å². The maximum absolute atomic E-state index is 12.8. The predicted octanol–water partition coefficient (Wildman–Crippen LogP) is 3.27. The number of aryl methyl sites for hydroxylation is 1. The van der Waals surface area contributed by atoms with Gasteiger partial charge < -0.3 is 10.3 Å². The monoisotopic (exact) mass is 296 g/mol. The molecule has 2 aromatic carbocycles. The fraction of sp³-hybridized carbons (Fsp3) is 0.167. The molecule has 0 bridgehead atoms. The van der Waals surface area contributed by atoms with Gasteiger partial charge in [0.15, 0.2) is 0 Å². The van der Waals surface area contributed by atoms with Crippen LogP contribution in [0.3, 0.4) is 0 Å². The molecule has 3 aromatic rings. The third-order valence-electron chi connectivity index (χ3n) is 3.72. The van der Waals surface area contributed by atoms with Gasteiger partial charge in [0.2, 0.25) is 0 Å². The second kappa shape index (κ2) is 6.12. The zero-order chi connectivity index (χ0) is 15.5. The van der Waals surface area contributed by atoms with Gasteiger partial charge in [0.25, 0.3) is 5.56 Å². The smallest absolute Gasteiger partial charge is 0.252 e. The first-order valence-corrected chi connectivity index (χ1v) is 7.20. The molecule has 0 amide bonds. The number of hydrogen-bond acceptors (Lipinski definition) is 2. The average Bonchev–Trinajstić information content (AvgIpc) is 2.51. The molecular weight excluding hydrogens is 279 g/mol. The van der Waals surface area contributed by atoms with Crippen LogP contribution in [0.4, 0.5) is 4.39 Å². The van der Waals surface area contributed by atoms with Crippen LogP contribution in [0.5, 0.6) is 0 Å². The van der Waals surface area contributed by atoms with Crippen LogP contribution in [0.2, 0.25) is 0 Å². The Hall–Kier alpha value is -2.46. The third kappa shape index (κ3) is 3.07. The van der Waals surface area contributed by atoms with E-state index in [0.717, 1.165) is 22.0 Å². The summed E-state index contributed by atoms with van der Waals surface area (Å²) in [4.78, 5) is 15.1. The predicted molar refractivity (Wildman–Crippen MR) is 86.2 cm³/mol. The Morgan fingerprint density at radius 1 is 1.09 bits per heavy atom. The van der Waals surface area contributed by atoms with E-state index in [1.807, 2.05) is 31.2 Å². The van der Waals surface area contributed by atoms with Crippen molar-refractivity contribution in [1.29, 1.82) is 0 Å². The number of benzene rings is 2. The van der Waals surface area contributed by atoms with Gasteiger partial charge >= 0.3 is 0 Å². The van der Waals surface area contributed by atoms with E-state index in [1.54, 1.807) is 12.1 Å². The lowest BCUT2D eigenvalue weighted by atomic mass is 10.1. The van der Waals surface area contributed by atoms with Crippen LogP contribution >= 0.6 is 0 Å². The van der Waals surface area contributed by atoms with Crippen LogP contribution in [-0.4, -0.2) is 4.98 Å². The van der Waals surface area contributed by atoms with Crippen LogP contribution in [0.1, 0.15) is 16.7 Å². The standard InChI is InChI=1S/C18H17FN2O/c1-12-3-2-4-14-9-15(18(22)21-17(12)14)11-20-10-13-5-7-16(19)8-6-13/h2-9,20H,10-11H2,1H3,(H,21,22). The SMILES string of the molecule is Cc1cccc2cc(CNCc3ccc(F)cc3)c(=O)[nH]c12. The molecule has 0 saturated heterocycles. The lowest BCUT2D eigenvalue weighted by Crippen LogP contribution is -2.20. The highest BCUT2D eigenvalue weighted by Crippen LogP contribution is 2.15. The van der Waals surface area contributed by atoms with Gasteiger partial charge in [-0.05, 0) is 41.6 Å². The van der Waals surface area contributed by atoms with Crippen LogP contribution < -0.4 is 10.9 Å². The molecule has 0 atom stereocenters. The van der Waals surface area contributed by atoms with Crippen molar-refractivity contribution >= 4 is 10.9 Å². The fourth-order valence-electron chi connectivity index (χ4n) is 2.50. The lowest BCUT2D eigenvalue weighted by Gasteiger charge is -2.07. The molecule has 0 aliphatic rings. The Labute approximate surface area is 127 Å². The number of H-pyrrole nitrogens is 1. The molecule has 112 valence electrons. The van der Waals surface area contributed by atoms with Gasteiger partial charge in [0, 0.05) is 18.7 Å². The molecule has 0 aliphatic carbocycles. The quantitative estimate of drug-likeness (QED) is 0.776. The van der Waals surface area contributed by atoms with E-state index in [-0.39, 0.29) is 11.4 Å². The van der Waals surface area contributed by atoms with E-state index in [9.17, 15) is 9.18 Å². The Balaban J connectivity index is 1.75. The summed E-state index contributed by atoms with van der Waals surface area (Å²) in [6, 6.07) is 14.2. The van der Waals surface area contributed by atoms with Gasteiger partial charge in [-0.25, -0.2) is 4.39 Å². The molecule has 0 fully saturated rings. The third-order valence-corrected chi connectivity index (χ3v) is 3.72. The first kappa shape index (κ1) is 14.5. The van der Waals surface area contributed by atoms with Gasteiger partial charge in [-0.1, -0.05) is 30.3 Å². The minimum Gasteiger partial charge on any atom is -0.321 e. The van der Waals surface area contributed by atoms with Crippen molar-refractivity contribution < 1.29 is 4.39 Å². The Bertz CT molecular complexity index is 853. The fourth-order valence-corrected chi connectivity index (χ4v) is 2.50. The summed E-state index contributed by atoms with van der Waals surface area (Å²) in [7, 11) is 0. The van der Waals surface area contributed by atoms with E-state index >= 15 is 0 Å². The van der Waals surface area contributed by atoms with Gasteiger partial charge in [-0.3, -0.25) is 4.79 Å². The summed E-state index contributed by atoms with van der Waals surface area (Å²) < 4.78 is 12.8. The maximum atomic E-state index is 12.8. The summed E-state index contributed by atoms with van der Waals surface area (Å²) >= 11 is 0. The minimum absolute atomic E-state index is 0.0755. The first-order chi connectivity index (χ1) is 10.6. The van der Waals surface area contributed by atoms with Crippen molar-refractivity contribution in [2.45, 2.75) is 20.0 Å². The van der Waals surface area contributed by atoms with Crippen molar-refractivity contribution in [3.8, 4) is 0 Å². The molecule has 22 heavy (non-hydrogen) atoms. The number of hydrogen-bond donors (Lipinski definition) is 2. The Morgan fingerprint density at radius 3 is 2.64 bits per heavy atom. The van der Waals surface area contributed by atoms with Crippen molar-refractivity contribution in [3.05, 3.63) is 81.4 Å². The molecule has 1 heterocycles. The highest BCUT2D eigenvalue weighted by molar-refractivity contribution is 5.81. The maximum Gasteiger partial charge on any atom is 0.252 e. The van der Waals surface area contributed by atoms with E-state index in [1.165, 1.54) is 12.1 Å². The molecule has 0 aliphatic heterocycles. The summed E-state index contributed by atoms with van der Waals surface area (Å²) in [6.07, 6.45) is 0. The molecule has 0 saturated carbocycles. The van der Waals surface area contributed by atoms with Crippen molar-refractivity contribution in [3.63, 3.8) is 0 Å². The van der Waals surface area contributed by atoms with Gasteiger partial charge in [-0.2, -0.15) is 0 Å². The molecular formula is C18H17FN2O. The van der Waals surface area contributed by atoms with Crippen LogP contribution in [-0.2, 0) is 13.1 Å². The Kier molecular flexibility index (Phi) is 4.02. The summed E-state index contributed by atoms with van der Waals surface area (Å²) in [6.45, 7) is 3.03. The zero-order valence-corrected chi connectivity index (χ0v) is 12.3. The molecule has 1 aromatic heterocycles. The number of fused-ring (bicyclic) bond motifs is 1. The van der Waals surface area contributed by atoms with Crippen LogP contribution in [0.25, 0.3) is 10.9 Å². The zero-order valence-electron chi connectivity index (χ0n) is 12.3. The molecule has 0 radical (unpaired) electrons. The van der Waals surface area contributed by atoms with Gasteiger partial charge in [-0.15, -0.1) is 0 Å². The topological polar surface area (TPSA) is 44.9 Å². The van der Waals surface area contributed by atoms with E-state index in [4.69, 9.17) is 0 Å². The van der Waals surface area contributed by atoms with Gasteiger partial charge in [0.05, 0.1) is 5.52 Å². The highest BCUT2D eigenvalue weighted by atomic mass is 19.1. The summed E-state index contributed by atoms with van der Waals surface area (Å²) in [5, 5.41) is 4.24. The number of para-hydroxylation sites is 1. The minimum atomic E-state index is -0.245. The number of aromatic amines is 1. The second-order valence-electron chi connectivity index (χ2n) is 5.39. The molecule has 0 spiro atoms. The normalized spacial score (nSPS) is 11.0. The molecule has 4 heteroatoms. The van der Waals surface area contributed by atoms with Crippen LogP contribution in [0.15, 0.2) is 53.3 Å². The van der Waals surface area contributed by atoms with Crippen molar-refractivity contribution in [2.24, 2.45) is 0 Å². The highest BCUT2D eigenvalue weighted by Gasteiger charge is 2.04. The first-order valence-electron chi connectivity index (χ1n) is 7.20. The summed E-state index contributed by atoms with van der Waals surface area (Å²) in [5.41, 5.74) is 3.54. The average molecular weight is 296 g/mol. The molecule has 3 rings (SSSR count). The number of pyridine rings is 1. The molecule has 0 unspecified atom stereocenters. The van der Waals surface area contributed by atoms with Crippen molar-refractivity contribution in [2.75, 3.05) is 0 Å². The number of aromatic nitrogens is 1. The van der Waals surface area contributed by atoms with E-state index in [2.05, 4.69) is 10.3 Å². The Morgan fingerprint density at radius 2 is 1.86 bits per heavy atom. The lowest BCUT2D eigenvalue weighted by molar-refractivity contribution is 0.624. The number of rotatable bonds is 4. The largest absolute Gasteiger partial charge is 0.321 e. The number of nitrogens with one attached hydrogen (secondary N) is 2. The van der Waals surface area contributed by atoms with Gasteiger partial charge in [0.1, 0.15) is 5.82 Å². The number of halogens is 1. The second-order valence-corrected chi connectivity index (χ2v) is 5.39.